The van der Waals surface area contributed by atoms with E-state index >= 15 is 0 Å². The molecule has 0 bridgehead atoms. The van der Waals surface area contributed by atoms with Gasteiger partial charge in [-0.05, 0) is 56.5 Å². The van der Waals surface area contributed by atoms with Gasteiger partial charge in [-0.3, -0.25) is 9.59 Å². The molecule has 0 aromatic heterocycles. The molecule has 0 unspecified atom stereocenters. The zero-order valence-corrected chi connectivity index (χ0v) is 18.2. The SMILES string of the molecule is CC[C@H](C(=O)N[C@@H](C)CC)N(Cc1cccc(C)c1)C(=O)COc1ccc(F)cc1. The maximum atomic E-state index is 13.1. The maximum absolute atomic E-state index is 13.1. The molecule has 6 heteroatoms. The minimum absolute atomic E-state index is 0.0259. The van der Waals surface area contributed by atoms with Crippen molar-refractivity contribution in [1.82, 2.24) is 10.2 Å². The molecule has 2 amide bonds. The molecule has 0 radical (unpaired) electrons. The van der Waals surface area contributed by atoms with Gasteiger partial charge in [0.2, 0.25) is 5.91 Å². The van der Waals surface area contributed by atoms with Crippen LogP contribution in [0.1, 0.15) is 44.7 Å². The van der Waals surface area contributed by atoms with Crippen molar-refractivity contribution in [3.05, 3.63) is 65.5 Å². The van der Waals surface area contributed by atoms with Crippen LogP contribution in [0.2, 0.25) is 0 Å². The standard InChI is InChI=1S/C24H31FN2O3/c1-5-18(4)26-24(29)22(6-2)27(15-19-9-7-8-17(3)14-19)23(28)16-30-21-12-10-20(25)11-13-21/h7-14,18,22H,5-6,15-16H2,1-4H3,(H,26,29)/t18-,22+/m0/s1. The molecule has 2 aromatic rings. The highest BCUT2D eigenvalue weighted by molar-refractivity contribution is 5.88. The minimum atomic E-state index is -0.608. The van der Waals surface area contributed by atoms with Gasteiger partial charge in [-0.15, -0.1) is 0 Å². The Hall–Kier alpha value is -2.89. The van der Waals surface area contributed by atoms with Gasteiger partial charge < -0.3 is 15.0 Å². The molecule has 0 spiro atoms. The molecular weight excluding hydrogens is 383 g/mol. The number of hydrogen-bond donors (Lipinski definition) is 1. The number of hydrogen-bond acceptors (Lipinski definition) is 3. The minimum Gasteiger partial charge on any atom is -0.484 e. The molecule has 1 N–H and O–H groups in total. The summed E-state index contributed by atoms with van der Waals surface area (Å²) in [6.45, 7) is 7.88. The molecule has 0 aliphatic heterocycles. The van der Waals surface area contributed by atoms with E-state index in [0.717, 1.165) is 17.5 Å². The lowest BCUT2D eigenvalue weighted by molar-refractivity contribution is -0.143. The van der Waals surface area contributed by atoms with Gasteiger partial charge in [0.15, 0.2) is 6.61 Å². The number of nitrogens with zero attached hydrogens (tertiary/aromatic N) is 1. The van der Waals surface area contributed by atoms with E-state index in [-0.39, 0.29) is 30.3 Å². The second-order valence-corrected chi connectivity index (χ2v) is 7.50. The number of aryl methyl sites for hydroxylation is 1. The van der Waals surface area contributed by atoms with E-state index in [1.54, 1.807) is 4.90 Å². The van der Waals surface area contributed by atoms with Crippen molar-refractivity contribution in [2.75, 3.05) is 6.61 Å². The van der Waals surface area contributed by atoms with Crippen LogP contribution < -0.4 is 10.1 Å². The molecule has 0 aliphatic rings. The smallest absolute Gasteiger partial charge is 0.261 e. The van der Waals surface area contributed by atoms with Gasteiger partial charge in [-0.25, -0.2) is 4.39 Å². The van der Waals surface area contributed by atoms with Crippen LogP contribution in [0, 0.1) is 12.7 Å². The summed E-state index contributed by atoms with van der Waals surface area (Å²) in [6, 6.07) is 12.8. The highest BCUT2D eigenvalue weighted by Crippen LogP contribution is 2.16. The molecule has 2 atom stereocenters. The van der Waals surface area contributed by atoms with Crippen molar-refractivity contribution < 1.29 is 18.7 Å². The summed E-state index contributed by atoms with van der Waals surface area (Å²) < 4.78 is 18.6. The van der Waals surface area contributed by atoms with Crippen molar-refractivity contribution in [3.63, 3.8) is 0 Å². The third kappa shape index (κ3) is 6.87. The van der Waals surface area contributed by atoms with Crippen molar-refractivity contribution in [2.45, 2.75) is 59.2 Å². The highest BCUT2D eigenvalue weighted by atomic mass is 19.1. The van der Waals surface area contributed by atoms with Crippen LogP contribution in [0.25, 0.3) is 0 Å². The predicted molar refractivity (Wildman–Crippen MR) is 116 cm³/mol. The molecule has 162 valence electrons. The fourth-order valence-corrected chi connectivity index (χ4v) is 3.13. The normalized spacial score (nSPS) is 12.7. The lowest BCUT2D eigenvalue weighted by Gasteiger charge is -2.31. The molecule has 2 rings (SSSR count). The van der Waals surface area contributed by atoms with Crippen molar-refractivity contribution >= 4 is 11.8 Å². The number of amides is 2. The van der Waals surface area contributed by atoms with Crippen molar-refractivity contribution in [3.8, 4) is 5.75 Å². The lowest BCUT2D eigenvalue weighted by Crippen LogP contribution is -2.51. The second kappa shape index (κ2) is 11.3. The summed E-state index contributed by atoms with van der Waals surface area (Å²) in [4.78, 5) is 27.5. The molecule has 30 heavy (non-hydrogen) atoms. The summed E-state index contributed by atoms with van der Waals surface area (Å²) in [5.74, 6) is -0.443. The van der Waals surface area contributed by atoms with Gasteiger partial charge in [-0.2, -0.15) is 0 Å². The summed E-state index contributed by atoms with van der Waals surface area (Å²) >= 11 is 0. The maximum Gasteiger partial charge on any atom is 0.261 e. The average molecular weight is 415 g/mol. The third-order valence-corrected chi connectivity index (χ3v) is 5.00. The number of rotatable bonds is 10. The first-order valence-corrected chi connectivity index (χ1v) is 10.4. The lowest BCUT2D eigenvalue weighted by atomic mass is 10.1. The van der Waals surface area contributed by atoms with Crippen LogP contribution in [0.15, 0.2) is 48.5 Å². The van der Waals surface area contributed by atoms with E-state index in [4.69, 9.17) is 4.74 Å². The molecule has 0 saturated carbocycles. The van der Waals surface area contributed by atoms with Gasteiger partial charge in [0, 0.05) is 12.6 Å². The van der Waals surface area contributed by atoms with Crippen LogP contribution in [0.5, 0.6) is 5.75 Å². The number of carbonyl (C=O) groups excluding carboxylic acids is 2. The van der Waals surface area contributed by atoms with Gasteiger partial charge in [0.05, 0.1) is 0 Å². The van der Waals surface area contributed by atoms with Crippen LogP contribution >= 0.6 is 0 Å². The average Bonchev–Trinajstić information content (AvgIpc) is 2.72. The number of benzene rings is 2. The Morgan fingerprint density at radius 1 is 1.10 bits per heavy atom. The van der Waals surface area contributed by atoms with Crippen LogP contribution in [0.4, 0.5) is 4.39 Å². The van der Waals surface area contributed by atoms with E-state index in [9.17, 15) is 14.0 Å². The first-order valence-electron chi connectivity index (χ1n) is 10.4. The van der Waals surface area contributed by atoms with Gasteiger partial charge in [0.1, 0.15) is 17.6 Å². The molecule has 0 aliphatic carbocycles. The zero-order chi connectivity index (χ0) is 22.1. The van der Waals surface area contributed by atoms with E-state index in [1.807, 2.05) is 52.0 Å². The molecule has 5 nitrogen and oxygen atoms in total. The van der Waals surface area contributed by atoms with Crippen LogP contribution in [-0.4, -0.2) is 35.4 Å². The van der Waals surface area contributed by atoms with Crippen molar-refractivity contribution in [2.24, 2.45) is 0 Å². The molecule has 0 fully saturated rings. The highest BCUT2D eigenvalue weighted by Gasteiger charge is 2.29. The first-order chi connectivity index (χ1) is 14.3. The predicted octanol–water partition coefficient (Wildman–Crippen LogP) is 4.24. The Balaban J connectivity index is 2.20. The fraction of sp³-hybridized carbons (Fsp3) is 0.417. The number of carbonyl (C=O) groups is 2. The summed E-state index contributed by atoms with van der Waals surface area (Å²) in [5, 5.41) is 2.98. The number of halogens is 1. The van der Waals surface area contributed by atoms with Crippen LogP contribution in [-0.2, 0) is 16.1 Å². The van der Waals surface area contributed by atoms with E-state index in [0.29, 0.717) is 18.7 Å². The third-order valence-electron chi connectivity index (χ3n) is 5.00. The molecule has 0 heterocycles. The molecule has 0 saturated heterocycles. The summed E-state index contributed by atoms with van der Waals surface area (Å²) in [5.41, 5.74) is 2.03. The van der Waals surface area contributed by atoms with E-state index < -0.39 is 6.04 Å². The van der Waals surface area contributed by atoms with E-state index in [2.05, 4.69) is 5.32 Å². The number of ether oxygens (including phenoxy) is 1. The summed E-state index contributed by atoms with van der Waals surface area (Å²) in [7, 11) is 0. The second-order valence-electron chi connectivity index (χ2n) is 7.50. The Morgan fingerprint density at radius 3 is 2.40 bits per heavy atom. The fourth-order valence-electron chi connectivity index (χ4n) is 3.13. The first kappa shape index (κ1) is 23.4. The Labute approximate surface area is 178 Å². The molecular formula is C24H31FN2O3. The Morgan fingerprint density at radius 2 is 1.80 bits per heavy atom. The summed E-state index contributed by atoms with van der Waals surface area (Å²) in [6.07, 6.45) is 1.29. The van der Waals surface area contributed by atoms with Gasteiger partial charge >= 0.3 is 0 Å². The monoisotopic (exact) mass is 414 g/mol. The molecule has 2 aromatic carbocycles. The quantitative estimate of drug-likeness (QED) is 0.633. The van der Waals surface area contributed by atoms with Gasteiger partial charge in [-0.1, -0.05) is 43.7 Å². The Kier molecular flexibility index (Phi) is 8.84. The topological polar surface area (TPSA) is 58.6 Å². The van der Waals surface area contributed by atoms with Crippen LogP contribution in [0.3, 0.4) is 0 Å². The number of nitrogens with one attached hydrogen (secondary N) is 1. The van der Waals surface area contributed by atoms with Gasteiger partial charge in [0.25, 0.3) is 5.91 Å². The zero-order valence-electron chi connectivity index (χ0n) is 18.2. The largest absolute Gasteiger partial charge is 0.484 e. The van der Waals surface area contributed by atoms with Crippen molar-refractivity contribution in [1.29, 1.82) is 0 Å². The van der Waals surface area contributed by atoms with E-state index in [1.165, 1.54) is 24.3 Å². The Bertz CT molecular complexity index is 839.